The molecule has 1 amide bonds. The molecular formula is C20H30N2O4. The largest absolute Gasteiger partial charge is 0.497 e. The molecule has 0 radical (unpaired) electrons. The van der Waals surface area contributed by atoms with Gasteiger partial charge in [0.2, 0.25) is 5.91 Å². The fourth-order valence-corrected chi connectivity index (χ4v) is 3.43. The second-order valence-corrected chi connectivity index (χ2v) is 8.29. The van der Waals surface area contributed by atoms with Gasteiger partial charge < -0.3 is 14.7 Å². The predicted molar refractivity (Wildman–Crippen MR) is 100 cm³/mol. The maximum Gasteiger partial charge on any atom is 0.320 e. The highest BCUT2D eigenvalue weighted by atomic mass is 16.5. The van der Waals surface area contributed by atoms with Gasteiger partial charge in [-0.1, -0.05) is 32.9 Å². The Morgan fingerprint density at radius 1 is 1.35 bits per heavy atom. The Labute approximate surface area is 155 Å². The van der Waals surface area contributed by atoms with E-state index in [1.165, 1.54) is 0 Å². The van der Waals surface area contributed by atoms with E-state index in [2.05, 4.69) is 0 Å². The summed E-state index contributed by atoms with van der Waals surface area (Å²) in [6.45, 7) is 7.13. The Bertz CT molecular complexity index is 653. The molecule has 1 saturated heterocycles. The first kappa shape index (κ1) is 20.2. The minimum Gasteiger partial charge on any atom is -0.497 e. The van der Waals surface area contributed by atoms with Crippen molar-refractivity contribution in [1.29, 1.82) is 0 Å². The lowest BCUT2D eigenvalue weighted by Gasteiger charge is -2.32. The van der Waals surface area contributed by atoms with Crippen LogP contribution in [-0.4, -0.2) is 59.6 Å². The molecule has 26 heavy (non-hydrogen) atoms. The second-order valence-electron chi connectivity index (χ2n) is 8.29. The standard InChI is InChI=1S/C20H30N2O4/c1-20(2,3)11-18(23)22(12-14-7-6-8-16(9-14)26-5)15-10-17(19(24)25)21(4)13-15/h6-9,15,17H,10-13H2,1-5H3,(H,24,25)/t15-,17-/m0/s1. The Balaban J connectivity index is 2.24. The van der Waals surface area contributed by atoms with Crippen LogP contribution in [0.5, 0.6) is 5.75 Å². The van der Waals surface area contributed by atoms with Gasteiger partial charge in [-0.25, -0.2) is 0 Å². The summed E-state index contributed by atoms with van der Waals surface area (Å²) in [5.41, 5.74) is 0.855. The molecule has 1 heterocycles. The number of nitrogens with zero attached hydrogens (tertiary/aromatic N) is 2. The summed E-state index contributed by atoms with van der Waals surface area (Å²) < 4.78 is 5.28. The van der Waals surface area contributed by atoms with Gasteiger partial charge in [-0.2, -0.15) is 0 Å². The molecule has 2 atom stereocenters. The number of hydrogen-bond acceptors (Lipinski definition) is 4. The monoisotopic (exact) mass is 362 g/mol. The molecule has 0 bridgehead atoms. The number of amides is 1. The van der Waals surface area contributed by atoms with Crippen LogP contribution in [0.2, 0.25) is 0 Å². The summed E-state index contributed by atoms with van der Waals surface area (Å²) in [5, 5.41) is 9.40. The van der Waals surface area contributed by atoms with Crippen LogP contribution >= 0.6 is 0 Å². The highest BCUT2D eigenvalue weighted by molar-refractivity contribution is 5.78. The lowest BCUT2D eigenvalue weighted by molar-refractivity contribution is -0.142. The summed E-state index contributed by atoms with van der Waals surface area (Å²) in [4.78, 5) is 28.1. The van der Waals surface area contributed by atoms with E-state index in [-0.39, 0.29) is 17.4 Å². The number of carboxylic acids is 1. The Morgan fingerprint density at radius 3 is 2.58 bits per heavy atom. The van der Waals surface area contributed by atoms with Gasteiger partial charge in [-0.15, -0.1) is 0 Å². The van der Waals surface area contributed by atoms with Crippen LogP contribution in [0.1, 0.15) is 39.2 Å². The zero-order valence-corrected chi connectivity index (χ0v) is 16.4. The van der Waals surface area contributed by atoms with E-state index in [0.717, 1.165) is 11.3 Å². The predicted octanol–water partition coefficient (Wildman–Crippen LogP) is 2.62. The average molecular weight is 362 g/mol. The van der Waals surface area contributed by atoms with Gasteiger partial charge in [0, 0.05) is 25.6 Å². The van der Waals surface area contributed by atoms with Gasteiger partial charge in [0.25, 0.3) is 0 Å². The lowest BCUT2D eigenvalue weighted by Crippen LogP contribution is -2.42. The normalized spacial score (nSPS) is 20.8. The molecule has 144 valence electrons. The topological polar surface area (TPSA) is 70.1 Å². The third-order valence-corrected chi connectivity index (χ3v) is 4.74. The van der Waals surface area contributed by atoms with Crippen molar-refractivity contribution >= 4 is 11.9 Å². The summed E-state index contributed by atoms with van der Waals surface area (Å²) in [6.07, 6.45) is 0.876. The lowest BCUT2D eigenvalue weighted by atomic mass is 9.91. The fourth-order valence-electron chi connectivity index (χ4n) is 3.43. The Morgan fingerprint density at radius 2 is 2.04 bits per heavy atom. The van der Waals surface area contributed by atoms with Crippen molar-refractivity contribution < 1.29 is 19.4 Å². The van der Waals surface area contributed by atoms with E-state index in [1.807, 2.05) is 54.8 Å². The quantitative estimate of drug-likeness (QED) is 0.842. The van der Waals surface area contributed by atoms with Crippen molar-refractivity contribution in [3.8, 4) is 5.75 Å². The summed E-state index contributed by atoms with van der Waals surface area (Å²) in [5.74, 6) is -0.0259. The molecule has 1 N–H and O–H groups in total. The number of likely N-dealkylation sites (N-methyl/N-ethyl adjacent to an activating group) is 1. The molecule has 1 aliphatic heterocycles. The number of aliphatic carboxylic acids is 1. The number of hydrogen-bond donors (Lipinski definition) is 1. The van der Waals surface area contributed by atoms with Crippen LogP contribution in [0, 0.1) is 5.41 Å². The van der Waals surface area contributed by atoms with Gasteiger partial charge in [0.15, 0.2) is 0 Å². The molecule has 6 nitrogen and oxygen atoms in total. The average Bonchev–Trinajstić information content (AvgIpc) is 2.92. The molecule has 0 aromatic heterocycles. The molecule has 0 aliphatic carbocycles. The van der Waals surface area contributed by atoms with Gasteiger partial charge in [0.1, 0.15) is 11.8 Å². The molecule has 1 aromatic carbocycles. The summed E-state index contributed by atoms with van der Waals surface area (Å²) in [6, 6.07) is 7.01. The molecule has 1 fully saturated rings. The summed E-state index contributed by atoms with van der Waals surface area (Å²) in [7, 11) is 3.42. The van der Waals surface area contributed by atoms with Crippen molar-refractivity contribution in [2.75, 3.05) is 20.7 Å². The van der Waals surface area contributed by atoms with Gasteiger partial charge in [-0.05, 0) is 36.6 Å². The maximum atomic E-state index is 13.0. The Hall–Kier alpha value is -2.08. The summed E-state index contributed by atoms with van der Waals surface area (Å²) >= 11 is 0. The number of methoxy groups -OCH3 is 1. The molecule has 1 aliphatic rings. The third kappa shape index (κ3) is 5.21. The van der Waals surface area contributed by atoms with Crippen LogP contribution in [0.3, 0.4) is 0 Å². The van der Waals surface area contributed by atoms with E-state index in [0.29, 0.717) is 25.9 Å². The zero-order valence-electron chi connectivity index (χ0n) is 16.4. The van der Waals surface area contributed by atoms with Gasteiger partial charge in [0.05, 0.1) is 7.11 Å². The van der Waals surface area contributed by atoms with Crippen LogP contribution in [-0.2, 0) is 16.1 Å². The van der Waals surface area contributed by atoms with Crippen molar-refractivity contribution in [1.82, 2.24) is 9.80 Å². The van der Waals surface area contributed by atoms with Crippen molar-refractivity contribution in [2.24, 2.45) is 5.41 Å². The SMILES string of the molecule is COc1cccc(CN(C(=O)CC(C)(C)C)[C@H]2C[C@@H](C(=O)O)N(C)C2)c1. The van der Waals surface area contributed by atoms with Crippen LogP contribution < -0.4 is 4.74 Å². The number of rotatable bonds is 6. The second kappa shape index (κ2) is 8.08. The molecule has 0 unspecified atom stereocenters. The zero-order chi connectivity index (χ0) is 19.5. The number of carbonyl (C=O) groups excluding carboxylic acids is 1. The third-order valence-electron chi connectivity index (χ3n) is 4.74. The first-order chi connectivity index (χ1) is 12.1. The maximum absolute atomic E-state index is 13.0. The van der Waals surface area contributed by atoms with Gasteiger partial charge in [-0.3, -0.25) is 14.5 Å². The first-order valence-corrected chi connectivity index (χ1v) is 8.96. The van der Waals surface area contributed by atoms with E-state index in [9.17, 15) is 14.7 Å². The van der Waals surface area contributed by atoms with E-state index >= 15 is 0 Å². The molecule has 0 spiro atoms. The van der Waals surface area contributed by atoms with Crippen molar-refractivity contribution in [2.45, 2.75) is 52.2 Å². The number of carboxylic acid groups (broad SMARTS) is 1. The van der Waals surface area contributed by atoms with E-state index < -0.39 is 12.0 Å². The van der Waals surface area contributed by atoms with Crippen LogP contribution in [0.4, 0.5) is 0 Å². The minimum absolute atomic E-state index is 0.0600. The number of likely N-dealkylation sites (tertiary alicyclic amines) is 1. The van der Waals surface area contributed by atoms with Crippen LogP contribution in [0.25, 0.3) is 0 Å². The molecule has 0 saturated carbocycles. The van der Waals surface area contributed by atoms with Crippen molar-refractivity contribution in [3.63, 3.8) is 0 Å². The van der Waals surface area contributed by atoms with Crippen LogP contribution in [0.15, 0.2) is 24.3 Å². The number of carbonyl (C=O) groups is 2. The first-order valence-electron chi connectivity index (χ1n) is 8.96. The Kier molecular flexibility index (Phi) is 6.29. The van der Waals surface area contributed by atoms with E-state index in [1.54, 1.807) is 14.2 Å². The van der Waals surface area contributed by atoms with Crippen molar-refractivity contribution in [3.05, 3.63) is 29.8 Å². The molecule has 6 heteroatoms. The molecule has 1 aromatic rings. The van der Waals surface area contributed by atoms with E-state index in [4.69, 9.17) is 4.74 Å². The molecule has 2 rings (SSSR count). The fraction of sp³-hybridized carbons (Fsp3) is 0.600. The number of ether oxygens (including phenoxy) is 1. The number of benzene rings is 1. The highest BCUT2D eigenvalue weighted by Gasteiger charge is 2.39. The smallest absolute Gasteiger partial charge is 0.320 e. The molecular weight excluding hydrogens is 332 g/mol. The highest BCUT2D eigenvalue weighted by Crippen LogP contribution is 2.27. The minimum atomic E-state index is -0.834. The van der Waals surface area contributed by atoms with Gasteiger partial charge >= 0.3 is 5.97 Å².